The molecule has 0 aliphatic carbocycles. The Morgan fingerprint density at radius 1 is 1.10 bits per heavy atom. The van der Waals surface area contributed by atoms with E-state index in [1.165, 1.54) is 0 Å². The van der Waals surface area contributed by atoms with Gasteiger partial charge < -0.3 is 4.74 Å². The summed E-state index contributed by atoms with van der Waals surface area (Å²) in [5.41, 5.74) is 1.41. The zero-order chi connectivity index (χ0) is 15.2. The molecule has 0 saturated carbocycles. The van der Waals surface area contributed by atoms with Gasteiger partial charge >= 0.3 is 6.18 Å². The predicted octanol–water partition coefficient (Wildman–Crippen LogP) is 4.68. The van der Waals surface area contributed by atoms with Gasteiger partial charge in [-0.2, -0.15) is 13.2 Å². The van der Waals surface area contributed by atoms with Gasteiger partial charge in [0, 0.05) is 23.8 Å². The third-order valence-corrected chi connectivity index (χ3v) is 4.24. The molecule has 0 amide bonds. The fraction of sp³-hybridized carbons (Fsp3) is 0.571. The van der Waals surface area contributed by atoms with Crippen LogP contribution in [0.3, 0.4) is 0 Å². The lowest BCUT2D eigenvalue weighted by molar-refractivity contribution is -0.174. The maximum atomic E-state index is 12.0. The number of ether oxygens (including phenoxy) is 1. The molecule has 1 rings (SSSR count). The molecule has 6 heteroatoms. The lowest BCUT2D eigenvalue weighted by atomic mass is 9.79. The largest absolute Gasteiger partial charge is 0.411 e. The van der Waals surface area contributed by atoms with E-state index in [1.807, 2.05) is 31.2 Å². The highest BCUT2D eigenvalue weighted by molar-refractivity contribution is 6.22. The van der Waals surface area contributed by atoms with Crippen LogP contribution in [-0.2, 0) is 10.2 Å². The van der Waals surface area contributed by atoms with Crippen LogP contribution in [0.1, 0.15) is 17.5 Å². The topological polar surface area (TPSA) is 9.23 Å². The summed E-state index contributed by atoms with van der Waals surface area (Å²) in [6, 6.07) is 7.60. The molecule has 0 unspecified atom stereocenters. The maximum absolute atomic E-state index is 12.0. The van der Waals surface area contributed by atoms with Crippen LogP contribution in [0.5, 0.6) is 0 Å². The number of benzene rings is 1. The number of alkyl halides is 5. The van der Waals surface area contributed by atoms with Gasteiger partial charge in [-0.15, -0.1) is 23.2 Å². The quantitative estimate of drug-likeness (QED) is 0.521. The van der Waals surface area contributed by atoms with Crippen LogP contribution in [0, 0.1) is 6.92 Å². The summed E-state index contributed by atoms with van der Waals surface area (Å²) in [5.74, 6) is 0.466. The van der Waals surface area contributed by atoms with Gasteiger partial charge in [-0.05, 0) is 24.5 Å². The monoisotopic (exact) mass is 328 g/mol. The van der Waals surface area contributed by atoms with Gasteiger partial charge in [-0.3, -0.25) is 0 Å². The molecule has 0 aromatic heterocycles. The van der Waals surface area contributed by atoms with Crippen molar-refractivity contribution < 1.29 is 17.9 Å². The van der Waals surface area contributed by atoms with Crippen molar-refractivity contribution in [3.63, 3.8) is 0 Å². The molecule has 0 spiro atoms. The number of rotatable bonds is 7. The summed E-state index contributed by atoms with van der Waals surface area (Å²) >= 11 is 12.1. The predicted molar refractivity (Wildman–Crippen MR) is 75.8 cm³/mol. The third kappa shape index (κ3) is 4.83. The highest BCUT2D eigenvalue weighted by Crippen LogP contribution is 2.33. The summed E-state index contributed by atoms with van der Waals surface area (Å²) in [4.78, 5) is 0. The molecule has 1 aromatic rings. The van der Waals surface area contributed by atoms with E-state index < -0.39 is 18.2 Å². The second-order valence-corrected chi connectivity index (χ2v) is 5.31. The summed E-state index contributed by atoms with van der Waals surface area (Å²) in [6.07, 6.45) is -3.96. The van der Waals surface area contributed by atoms with E-state index in [-0.39, 0.29) is 18.4 Å². The molecule has 0 heterocycles. The van der Waals surface area contributed by atoms with Crippen LogP contribution in [0.15, 0.2) is 24.3 Å². The van der Waals surface area contributed by atoms with Crippen LogP contribution < -0.4 is 0 Å². The third-order valence-electron chi connectivity index (χ3n) is 3.22. The van der Waals surface area contributed by atoms with E-state index in [1.54, 1.807) is 0 Å². The Kier molecular flexibility index (Phi) is 6.62. The van der Waals surface area contributed by atoms with Crippen LogP contribution in [-0.4, -0.2) is 31.2 Å². The van der Waals surface area contributed by atoms with Gasteiger partial charge in [0.1, 0.15) is 6.61 Å². The lowest BCUT2D eigenvalue weighted by Gasteiger charge is -2.31. The zero-order valence-electron chi connectivity index (χ0n) is 11.1. The first kappa shape index (κ1) is 17.6. The van der Waals surface area contributed by atoms with Crippen LogP contribution in [0.4, 0.5) is 13.2 Å². The first-order valence-corrected chi connectivity index (χ1v) is 7.24. The second kappa shape index (κ2) is 7.53. The minimum atomic E-state index is -4.31. The van der Waals surface area contributed by atoms with E-state index in [9.17, 15) is 13.2 Å². The Morgan fingerprint density at radius 2 is 1.70 bits per heavy atom. The first-order chi connectivity index (χ1) is 9.34. The zero-order valence-corrected chi connectivity index (χ0v) is 12.7. The molecule has 20 heavy (non-hydrogen) atoms. The van der Waals surface area contributed by atoms with Crippen LogP contribution >= 0.6 is 23.2 Å². The van der Waals surface area contributed by atoms with Crippen molar-refractivity contribution in [2.45, 2.75) is 24.9 Å². The lowest BCUT2D eigenvalue weighted by Crippen LogP contribution is -2.33. The van der Waals surface area contributed by atoms with Crippen molar-refractivity contribution in [3.8, 4) is 0 Å². The summed E-state index contributed by atoms with van der Waals surface area (Å²) < 4.78 is 40.8. The molecule has 114 valence electrons. The Labute approximate surface area is 127 Å². The Morgan fingerprint density at radius 3 is 2.20 bits per heavy atom. The molecule has 0 bridgehead atoms. The van der Waals surface area contributed by atoms with Gasteiger partial charge in [0.15, 0.2) is 0 Å². The van der Waals surface area contributed by atoms with E-state index in [2.05, 4.69) is 4.74 Å². The fourth-order valence-corrected chi connectivity index (χ4v) is 2.91. The molecular weight excluding hydrogens is 312 g/mol. The van der Waals surface area contributed by atoms with Crippen molar-refractivity contribution in [2.75, 3.05) is 25.0 Å². The van der Waals surface area contributed by atoms with E-state index in [4.69, 9.17) is 23.2 Å². The fourth-order valence-electron chi connectivity index (χ4n) is 2.07. The first-order valence-electron chi connectivity index (χ1n) is 6.17. The smallest absolute Gasteiger partial charge is 0.372 e. The summed E-state index contributed by atoms with van der Waals surface area (Å²) in [6.45, 7) is 0.647. The average molecular weight is 329 g/mol. The van der Waals surface area contributed by atoms with Crippen molar-refractivity contribution in [2.24, 2.45) is 0 Å². The summed E-state index contributed by atoms with van der Waals surface area (Å²) in [5, 5.41) is 0. The van der Waals surface area contributed by atoms with E-state index in [0.29, 0.717) is 6.42 Å². The van der Waals surface area contributed by atoms with Crippen LogP contribution in [0.2, 0.25) is 0 Å². The van der Waals surface area contributed by atoms with E-state index in [0.717, 1.165) is 11.1 Å². The number of hydrogen-bond acceptors (Lipinski definition) is 1. The second-order valence-electron chi connectivity index (χ2n) is 4.78. The normalized spacial score (nSPS) is 12.7. The van der Waals surface area contributed by atoms with Crippen molar-refractivity contribution in [1.29, 1.82) is 0 Å². The Balaban J connectivity index is 2.75. The highest BCUT2D eigenvalue weighted by atomic mass is 35.5. The molecule has 0 radical (unpaired) electrons. The number of halogens is 5. The Hall–Kier alpha value is -0.450. The number of hydrogen-bond donors (Lipinski definition) is 0. The molecular formula is C14H17Cl2F3O. The Bertz CT molecular complexity index is 417. The van der Waals surface area contributed by atoms with Crippen molar-refractivity contribution in [3.05, 3.63) is 35.4 Å². The standard InChI is InChI=1S/C14H17Cl2F3O/c1-11-4-2-3-5-12(11)13(8-15,9-16)6-7-20-10-14(17,18)19/h2-5H,6-10H2,1H3. The molecule has 1 aromatic carbocycles. The molecule has 0 fully saturated rings. The highest BCUT2D eigenvalue weighted by Gasteiger charge is 2.33. The molecule has 0 N–H and O–H groups in total. The SMILES string of the molecule is Cc1ccccc1C(CCl)(CCl)CCOCC(F)(F)F. The molecule has 0 saturated heterocycles. The molecule has 1 nitrogen and oxygen atoms in total. The minimum absolute atomic E-state index is 0.0344. The maximum Gasteiger partial charge on any atom is 0.411 e. The van der Waals surface area contributed by atoms with Gasteiger partial charge in [0.05, 0.1) is 0 Å². The summed E-state index contributed by atoms with van der Waals surface area (Å²) in [7, 11) is 0. The molecule has 0 aliphatic rings. The van der Waals surface area contributed by atoms with E-state index >= 15 is 0 Å². The van der Waals surface area contributed by atoms with Gasteiger partial charge in [0.2, 0.25) is 0 Å². The molecule has 0 aliphatic heterocycles. The van der Waals surface area contributed by atoms with Crippen LogP contribution in [0.25, 0.3) is 0 Å². The van der Waals surface area contributed by atoms with Gasteiger partial charge in [0.25, 0.3) is 0 Å². The molecule has 0 atom stereocenters. The number of aryl methyl sites for hydroxylation is 1. The van der Waals surface area contributed by atoms with Crippen molar-refractivity contribution in [1.82, 2.24) is 0 Å². The van der Waals surface area contributed by atoms with Crippen molar-refractivity contribution >= 4 is 23.2 Å². The van der Waals surface area contributed by atoms with Gasteiger partial charge in [-0.1, -0.05) is 24.3 Å². The average Bonchev–Trinajstić information content (AvgIpc) is 2.40. The van der Waals surface area contributed by atoms with Gasteiger partial charge in [-0.25, -0.2) is 0 Å². The minimum Gasteiger partial charge on any atom is -0.372 e.